The topological polar surface area (TPSA) is 105 Å². The van der Waals surface area contributed by atoms with Crippen molar-refractivity contribution < 1.29 is 14.3 Å². The molecule has 0 saturated carbocycles. The Labute approximate surface area is 216 Å². The van der Waals surface area contributed by atoms with Gasteiger partial charge in [-0.1, -0.05) is 84.9 Å². The Balaban J connectivity index is 1.69. The van der Waals surface area contributed by atoms with E-state index in [0.717, 1.165) is 21.9 Å². The van der Waals surface area contributed by atoms with Gasteiger partial charge >= 0.3 is 5.97 Å². The number of ether oxygens (including phenoxy) is 1. The molecule has 4 aromatic carbocycles. The van der Waals surface area contributed by atoms with Crippen molar-refractivity contribution in [1.82, 2.24) is 5.32 Å². The molecular formula is C31H29N3O3. The predicted octanol–water partition coefficient (Wildman–Crippen LogP) is 4.97. The van der Waals surface area contributed by atoms with Crippen LogP contribution in [0.4, 0.5) is 0 Å². The van der Waals surface area contributed by atoms with E-state index in [-0.39, 0.29) is 18.2 Å². The lowest BCUT2D eigenvalue weighted by Gasteiger charge is -2.24. The van der Waals surface area contributed by atoms with Crippen LogP contribution in [0.2, 0.25) is 0 Å². The molecule has 0 spiro atoms. The molecule has 6 nitrogen and oxygen atoms in total. The number of carbonyl (C=O) groups is 2. The van der Waals surface area contributed by atoms with E-state index < -0.39 is 17.9 Å². The molecule has 0 aliphatic heterocycles. The fourth-order valence-corrected chi connectivity index (χ4v) is 4.26. The minimum absolute atomic E-state index is 0.0541. The molecule has 0 aromatic heterocycles. The Bertz CT molecular complexity index is 1450. The molecule has 0 heterocycles. The number of benzene rings is 4. The van der Waals surface area contributed by atoms with Gasteiger partial charge in [0.25, 0.3) is 5.91 Å². The van der Waals surface area contributed by atoms with Gasteiger partial charge in [0, 0.05) is 11.1 Å². The van der Waals surface area contributed by atoms with Gasteiger partial charge in [-0.05, 0) is 52.6 Å². The normalized spacial score (nSPS) is 12.7. The zero-order valence-corrected chi connectivity index (χ0v) is 20.6. The van der Waals surface area contributed by atoms with Crippen molar-refractivity contribution in [2.24, 2.45) is 11.7 Å². The Morgan fingerprint density at radius 2 is 1.59 bits per heavy atom. The van der Waals surface area contributed by atoms with Gasteiger partial charge in [0.05, 0.1) is 19.1 Å². The molecule has 1 amide bonds. The van der Waals surface area contributed by atoms with E-state index in [4.69, 9.17) is 15.9 Å². The van der Waals surface area contributed by atoms with E-state index in [1.165, 1.54) is 7.11 Å². The van der Waals surface area contributed by atoms with Gasteiger partial charge in [-0.2, -0.15) is 0 Å². The van der Waals surface area contributed by atoms with Crippen molar-refractivity contribution in [3.63, 3.8) is 0 Å². The number of methoxy groups -OCH3 is 1. The van der Waals surface area contributed by atoms with Crippen molar-refractivity contribution in [2.45, 2.75) is 12.5 Å². The van der Waals surface area contributed by atoms with E-state index in [9.17, 15) is 9.59 Å². The summed E-state index contributed by atoms with van der Waals surface area (Å²) in [5, 5.41) is 13.0. The van der Waals surface area contributed by atoms with Crippen LogP contribution in [-0.4, -0.2) is 30.9 Å². The molecule has 4 rings (SSSR count). The second-order valence-corrected chi connectivity index (χ2v) is 8.78. The Morgan fingerprint density at radius 3 is 2.32 bits per heavy atom. The number of fused-ring (bicyclic) bond motifs is 1. The summed E-state index contributed by atoms with van der Waals surface area (Å²) in [6.45, 7) is 0. The molecule has 6 heteroatoms. The Morgan fingerprint density at radius 1 is 0.892 bits per heavy atom. The summed E-state index contributed by atoms with van der Waals surface area (Å²) in [6, 6.07) is 29.6. The number of esters is 1. The second-order valence-electron chi connectivity index (χ2n) is 8.78. The van der Waals surface area contributed by atoms with E-state index in [0.29, 0.717) is 11.1 Å². The lowest BCUT2D eigenvalue weighted by Crippen LogP contribution is -2.43. The molecule has 4 aromatic rings. The maximum atomic E-state index is 13.1. The third-order valence-electron chi connectivity index (χ3n) is 6.23. The molecular weight excluding hydrogens is 462 g/mol. The van der Waals surface area contributed by atoms with E-state index in [1.807, 2.05) is 60.7 Å². The van der Waals surface area contributed by atoms with Crippen LogP contribution in [0.1, 0.15) is 27.0 Å². The standard InChI is InChI=1S/C31H29N3O3/c1-37-31(36)27(20-22-8-7-13-26(19-22)29(32)33)28(34-30(35)24-10-3-2-4-11-24)17-15-21-14-16-23-9-5-6-12-25(23)18-21/h2-19,27-28H,20H2,1H3,(H3,32,33)(H,34,35). The highest BCUT2D eigenvalue weighted by atomic mass is 16.5. The van der Waals surface area contributed by atoms with Crippen molar-refractivity contribution in [3.05, 3.63) is 125 Å². The van der Waals surface area contributed by atoms with Crippen molar-refractivity contribution in [3.8, 4) is 0 Å². The van der Waals surface area contributed by atoms with Gasteiger partial charge < -0.3 is 15.8 Å². The van der Waals surface area contributed by atoms with E-state index in [1.54, 1.807) is 42.5 Å². The van der Waals surface area contributed by atoms with Gasteiger partial charge in [-0.15, -0.1) is 0 Å². The fraction of sp³-hybridized carbons (Fsp3) is 0.129. The average molecular weight is 492 g/mol. The molecule has 0 aliphatic rings. The number of hydrogen-bond acceptors (Lipinski definition) is 4. The minimum Gasteiger partial charge on any atom is -0.469 e. The Kier molecular flexibility index (Phi) is 8.11. The first-order chi connectivity index (χ1) is 17.9. The highest BCUT2D eigenvalue weighted by Crippen LogP contribution is 2.21. The largest absolute Gasteiger partial charge is 0.469 e. The van der Waals surface area contributed by atoms with Crippen LogP contribution >= 0.6 is 0 Å². The summed E-state index contributed by atoms with van der Waals surface area (Å²) in [5.74, 6) is -1.51. The molecule has 4 N–H and O–H groups in total. The first kappa shape index (κ1) is 25.4. The molecule has 37 heavy (non-hydrogen) atoms. The van der Waals surface area contributed by atoms with Crippen molar-refractivity contribution >= 4 is 34.6 Å². The maximum absolute atomic E-state index is 13.1. The van der Waals surface area contributed by atoms with E-state index >= 15 is 0 Å². The number of rotatable bonds is 9. The van der Waals surface area contributed by atoms with Crippen LogP contribution in [0, 0.1) is 11.3 Å². The van der Waals surface area contributed by atoms with Gasteiger partial charge in [-0.3, -0.25) is 15.0 Å². The predicted molar refractivity (Wildman–Crippen MR) is 147 cm³/mol. The summed E-state index contributed by atoms with van der Waals surface area (Å²) >= 11 is 0. The average Bonchev–Trinajstić information content (AvgIpc) is 2.94. The van der Waals surface area contributed by atoms with Gasteiger partial charge in [0.15, 0.2) is 0 Å². The number of nitrogen functional groups attached to an aromatic ring is 1. The monoisotopic (exact) mass is 491 g/mol. The number of hydrogen-bond donors (Lipinski definition) is 3. The minimum atomic E-state index is -0.712. The van der Waals surface area contributed by atoms with Crippen LogP contribution in [-0.2, 0) is 16.0 Å². The van der Waals surface area contributed by atoms with Crippen LogP contribution in [0.5, 0.6) is 0 Å². The van der Waals surface area contributed by atoms with Gasteiger partial charge in [0.1, 0.15) is 5.84 Å². The third-order valence-corrected chi connectivity index (χ3v) is 6.23. The number of amides is 1. The quantitative estimate of drug-likeness (QED) is 0.175. The highest BCUT2D eigenvalue weighted by Gasteiger charge is 2.29. The molecule has 0 saturated heterocycles. The zero-order chi connectivity index (χ0) is 26.2. The van der Waals surface area contributed by atoms with Crippen LogP contribution in [0.25, 0.3) is 16.8 Å². The molecule has 0 fully saturated rings. The fourth-order valence-electron chi connectivity index (χ4n) is 4.26. The zero-order valence-electron chi connectivity index (χ0n) is 20.6. The summed E-state index contributed by atoms with van der Waals surface area (Å²) in [7, 11) is 1.34. The maximum Gasteiger partial charge on any atom is 0.311 e. The molecule has 0 bridgehead atoms. The lowest BCUT2D eigenvalue weighted by molar-refractivity contribution is -0.145. The number of nitrogens with two attached hydrogens (primary N) is 1. The van der Waals surface area contributed by atoms with Crippen molar-refractivity contribution in [1.29, 1.82) is 5.41 Å². The van der Waals surface area contributed by atoms with E-state index in [2.05, 4.69) is 11.4 Å². The molecule has 0 aliphatic carbocycles. The SMILES string of the molecule is COC(=O)C(Cc1cccc(C(=N)N)c1)C(C=Cc1ccc2ccccc2c1)NC(=O)c1ccccc1. The smallest absolute Gasteiger partial charge is 0.311 e. The number of amidine groups is 1. The first-order valence-corrected chi connectivity index (χ1v) is 12.0. The van der Waals surface area contributed by atoms with Crippen LogP contribution in [0.15, 0.2) is 103 Å². The summed E-state index contributed by atoms with van der Waals surface area (Å²) in [6.07, 6.45) is 4.03. The van der Waals surface area contributed by atoms with Crippen LogP contribution in [0.3, 0.4) is 0 Å². The molecule has 186 valence electrons. The summed E-state index contributed by atoms with van der Waals surface area (Å²) in [4.78, 5) is 26.1. The molecule has 0 radical (unpaired) electrons. The lowest BCUT2D eigenvalue weighted by atomic mass is 9.90. The third kappa shape index (κ3) is 6.49. The molecule has 2 atom stereocenters. The second kappa shape index (κ2) is 11.8. The highest BCUT2D eigenvalue weighted by molar-refractivity contribution is 5.95. The Hall–Kier alpha value is -4.71. The number of nitrogens with one attached hydrogen (secondary N) is 2. The van der Waals surface area contributed by atoms with Crippen LogP contribution < -0.4 is 11.1 Å². The summed E-state index contributed by atoms with van der Waals surface area (Å²) in [5.41, 5.74) is 8.48. The summed E-state index contributed by atoms with van der Waals surface area (Å²) < 4.78 is 5.15. The number of carbonyl (C=O) groups excluding carboxylic acids is 2. The molecule has 2 unspecified atom stereocenters. The van der Waals surface area contributed by atoms with Crippen molar-refractivity contribution in [2.75, 3.05) is 7.11 Å². The van der Waals surface area contributed by atoms with Gasteiger partial charge in [0.2, 0.25) is 0 Å². The first-order valence-electron chi connectivity index (χ1n) is 12.0. The van der Waals surface area contributed by atoms with Gasteiger partial charge in [-0.25, -0.2) is 0 Å².